The molecular formula is C18H14Cl4N2OS. The van der Waals surface area contributed by atoms with Crippen LogP contribution in [0.2, 0.25) is 20.1 Å². The van der Waals surface area contributed by atoms with Gasteiger partial charge in [-0.1, -0.05) is 52.5 Å². The SMILES string of the molecule is Clc1cc(Cl)cc(OCC(Cc2ncc[nH]2)Sc2c(Cl)cccc2Cl)c1. The molecule has 3 aromatic rings. The van der Waals surface area contributed by atoms with Crippen LogP contribution >= 0.6 is 58.2 Å². The van der Waals surface area contributed by atoms with Crippen molar-refractivity contribution >= 4 is 58.2 Å². The highest BCUT2D eigenvalue weighted by molar-refractivity contribution is 8.00. The van der Waals surface area contributed by atoms with E-state index in [1.54, 1.807) is 42.4 Å². The third-order valence-electron chi connectivity index (χ3n) is 3.45. The number of rotatable bonds is 7. The van der Waals surface area contributed by atoms with Gasteiger partial charge in [-0.05, 0) is 30.3 Å². The van der Waals surface area contributed by atoms with Gasteiger partial charge in [-0.15, -0.1) is 11.8 Å². The number of nitrogens with one attached hydrogen (secondary N) is 1. The number of nitrogens with zero attached hydrogens (tertiary/aromatic N) is 1. The van der Waals surface area contributed by atoms with E-state index in [1.807, 2.05) is 18.2 Å². The summed E-state index contributed by atoms with van der Waals surface area (Å²) in [7, 11) is 0. The zero-order valence-electron chi connectivity index (χ0n) is 13.4. The van der Waals surface area contributed by atoms with Crippen molar-refractivity contribution in [2.24, 2.45) is 0 Å². The van der Waals surface area contributed by atoms with E-state index < -0.39 is 0 Å². The van der Waals surface area contributed by atoms with Crippen LogP contribution in [0.3, 0.4) is 0 Å². The van der Waals surface area contributed by atoms with Crippen molar-refractivity contribution in [3.05, 3.63) is 74.7 Å². The first-order chi connectivity index (χ1) is 12.5. The summed E-state index contributed by atoms with van der Waals surface area (Å²) in [5, 5.41) is 2.29. The number of hydrogen-bond acceptors (Lipinski definition) is 3. The van der Waals surface area contributed by atoms with E-state index in [0.29, 0.717) is 38.9 Å². The molecule has 1 atom stereocenters. The summed E-state index contributed by atoms with van der Waals surface area (Å²) in [5.41, 5.74) is 0. The molecule has 1 aromatic heterocycles. The molecule has 0 saturated heterocycles. The largest absolute Gasteiger partial charge is 0.492 e. The van der Waals surface area contributed by atoms with Crippen LogP contribution < -0.4 is 4.74 Å². The Kier molecular flexibility index (Phi) is 7.01. The van der Waals surface area contributed by atoms with Crippen molar-refractivity contribution in [3.63, 3.8) is 0 Å². The van der Waals surface area contributed by atoms with Crippen LogP contribution in [0.4, 0.5) is 0 Å². The minimum absolute atomic E-state index is 0.0244. The van der Waals surface area contributed by atoms with E-state index in [9.17, 15) is 0 Å². The van der Waals surface area contributed by atoms with Crippen LogP contribution in [0.5, 0.6) is 5.75 Å². The standard InChI is InChI=1S/C18H14Cl4N2OS/c19-11-6-12(20)8-13(7-11)25-10-14(9-17-23-4-5-24-17)26-18-15(21)2-1-3-16(18)22/h1-8,14H,9-10H2,(H,23,24). The van der Waals surface area contributed by atoms with Crippen LogP contribution in [-0.2, 0) is 6.42 Å². The van der Waals surface area contributed by atoms with Crippen molar-refractivity contribution in [1.82, 2.24) is 9.97 Å². The molecule has 0 aliphatic heterocycles. The Bertz CT molecular complexity index is 833. The molecule has 0 fully saturated rings. The molecule has 0 aliphatic rings. The zero-order valence-corrected chi connectivity index (χ0v) is 17.2. The van der Waals surface area contributed by atoms with Gasteiger partial charge >= 0.3 is 0 Å². The normalized spacial score (nSPS) is 12.2. The van der Waals surface area contributed by atoms with Gasteiger partial charge in [0.05, 0.1) is 15.3 Å². The second kappa shape index (κ2) is 9.25. The van der Waals surface area contributed by atoms with Crippen molar-refractivity contribution in [1.29, 1.82) is 0 Å². The molecule has 0 amide bonds. The first-order valence-corrected chi connectivity index (χ1v) is 10.1. The molecule has 0 radical (unpaired) electrons. The minimum atomic E-state index is 0.0244. The van der Waals surface area contributed by atoms with E-state index in [2.05, 4.69) is 9.97 Å². The predicted molar refractivity (Wildman–Crippen MR) is 110 cm³/mol. The maximum Gasteiger partial charge on any atom is 0.122 e. The first kappa shape index (κ1) is 19.7. The number of halogens is 4. The van der Waals surface area contributed by atoms with Crippen LogP contribution in [0.25, 0.3) is 0 Å². The summed E-state index contributed by atoms with van der Waals surface area (Å²) in [6.07, 6.45) is 4.17. The summed E-state index contributed by atoms with van der Waals surface area (Å²) < 4.78 is 5.91. The monoisotopic (exact) mass is 446 g/mol. The summed E-state index contributed by atoms with van der Waals surface area (Å²) in [4.78, 5) is 8.22. The van der Waals surface area contributed by atoms with E-state index in [-0.39, 0.29) is 5.25 Å². The fourth-order valence-electron chi connectivity index (χ4n) is 2.32. The van der Waals surface area contributed by atoms with Crippen LogP contribution in [0.1, 0.15) is 5.82 Å². The van der Waals surface area contributed by atoms with Gasteiger partial charge in [0.25, 0.3) is 0 Å². The Morgan fingerprint density at radius 3 is 2.35 bits per heavy atom. The highest BCUT2D eigenvalue weighted by Crippen LogP contribution is 2.37. The van der Waals surface area contributed by atoms with Gasteiger partial charge in [0, 0.05) is 33.8 Å². The predicted octanol–water partition coefficient (Wildman–Crippen LogP) is 6.81. The highest BCUT2D eigenvalue weighted by atomic mass is 35.5. The number of hydrogen-bond donors (Lipinski definition) is 1. The average molecular weight is 448 g/mol. The van der Waals surface area contributed by atoms with Gasteiger partial charge in [-0.25, -0.2) is 4.98 Å². The first-order valence-electron chi connectivity index (χ1n) is 7.69. The van der Waals surface area contributed by atoms with Gasteiger partial charge in [0.2, 0.25) is 0 Å². The molecule has 3 rings (SSSR count). The summed E-state index contributed by atoms with van der Waals surface area (Å²) in [6.45, 7) is 0.406. The smallest absolute Gasteiger partial charge is 0.122 e. The summed E-state index contributed by atoms with van der Waals surface area (Å²) in [6, 6.07) is 10.6. The fourth-order valence-corrected chi connectivity index (χ4v) is 4.57. The van der Waals surface area contributed by atoms with Crippen molar-refractivity contribution in [2.75, 3.05) is 6.61 Å². The van der Waals surface area contributed by atoms with Crippen LogP contribution in [0.15, 0.2) is 53.7 Å². The minimum Gasteiger partial charge on any atom is -0.492 e. The molecule has 1 heterocycles. The average Bonchev–Trinajstić information content (AvgIpc) is 3.08. The molecule has 1 unspecified atom stereocenters. The second-order valence-electron chi connectivity index (χ2n) is 5.45. The Labute approximate surface area is 176 Å². The van der Waals surface area contributed by atoms with Gasteiger partial charge in [0.1, 0.15) is 18.2 Å². The van der Waals surface area contributed by atoms with Crippen LogP contribution in [0, 0.1) is 0 Å². The van der Waals surface area contributed by atoms with Crippen molar-refractivity contribution in [2.45, 2.75) is 16.6 Å². The van der Waals surface area contributed by atoms with Gasteiger partial charge in [0.15, 0.2) is 0 Å². The molecule has 3 nitrogen and oxygen atoms in total. The number of aromatic nitrogens is 2. The van der Waals surface area contributed by atoms with Gasteiger partial charge in [-0.2, -0.15) is 0 Å². The van der Waals surface area contributed by atoms with Gasteiger partial charge in [-0.3, -0.25) is 0 Å². The summed E-state index contributed by atoms with van der Waals surface area (Å²) in [5.74, 6) is 1.47. The number of H-pyrrole nitrogens is 1. The topological polar surface area (TPSA) is 37.9 Å². The summed E-state index contributed by atoms with van der Waals surface area (Å²) >= 11 is 26.2. The maximum absolute atomic E-state index is 6.31. The fraction of sp³-hybridized carbons (Fsp3) is 0.167. The molecular weight excluding hydrogens is 434 g/mol. The lowest BCUT2D eigenvalue weighted by atomic mass is 10.3. The third-order valence-corrected chi connectivity index (χ3v) is 6.05. The van der Waals surface area contributed by atoms with Crippen LogP contribution in [-0.4, -0.2) is 21.8 Å². The number of ether oxygens (including phenoxy) is 1. The lowest BCUT2D eigenvalue weighted by molar-refractivity contribution is 0.315. The number of aromatic amines is 1. The Balaban J connectivity index is 1.76. The van der Waals surface area contributed by atoms with Crippen molar-refractivity contribution in [3.8, 4) is 5.75 Å². The zero-order chi connectivity index (χ0) is 18.5. The third kappa shape index (κ3) is 5.48. The number of thioether (sulfide) groups is 1. The molecule has 136 valence electrons. The number of benzene rings is 2. The lowest BCUT2D eigenvalue weighted by Crippen LogP contribution is -2.18. The number of imidazole rings is 1. The molecule has 0 bridgehead atoms. The molecule has 0 saturated carbocycles. The van der Waals surface area contributed by atoms with E-state index in [0.717, 1.165) is 10.7 Å². The highest BCUT2D eigenvalue weighted by Gasteiger charge is 2.18. The van der Waals surface area contributed by atoms with Crippen molar-refractivity contribution < 1.29 is 4.74 Å². The lowest BCUT2D eigenvalue weighted by Gasteiger charge is -2.18. The molecule has 0 spiro atoms. The molecule has 26 heavy (non-hydrogen) atoms. The molecule has 1 N–H and O–H groups in total. The molecule has 8 heteroatoms. The van der Waals surface area contributed by atoms with Gasteiger partial charge < -0.3 is 9.72 Å². The van der Waals surface area contributed by atoms with E-state index in [1.165, 1.54) is 0 Å². The second-order valence-corrected chi connectivity index (χ2v) is 8.44. The molecule has 0 aliphatic carbocycles. The Hall–Kier alpha value is -1.04. The van der Waals surface area contributed by atoms with E-state index in [4.69, 9.17) is 51.1 Å². The Morgan fingerprint density at radius 2 is 1.73 bits per heavy atom. The van der Waals surface area contributed by atoms with E-state index >= 15 is 0 Å². The quantitative estimate of drug-likeness (QED) is 0.404. The molecule has 2 aromatic carbocycles. The Morgan fingerprint density at radius 1 is 1.04 bits per heavy atom. The maximum atomic E-state index is 6.31.